The number of aliphatic hydroxyl groups is 1. The van der Waals surface area contributed by atoms with E-state index >= 15 is 0 Å². The Hall–Kier alpha value is -1.39. The first-order valence-electron chi connectivity index (χ1n) is 5.47. The fourth-order valence-electron chi connectivity index (χ4n) is 1.63. The number of aromatic nitrogens is 1. The van der Waals surface area contributed by atoms with E-state index in [-0.39, 0.29) is 6.61 Å². The van der Waals surface area contributed by atoms with Crippen LogP contribution in [0.3, 0.4) is 0 Å². The molecule has 0 aliphatic heterocycles. The molecule has 0 bridgehead atoms. The van der Waals surface area contributed by atoms with Gasteiger partial charge in [0.15, 0.2) is 11.5 Å². The van der Waals surface area contributed by atoms with Crippen molar-refractivity contribution >= 4 is 11.1 Å². The van der Waals surface area contributed by atoms with E-state index in [1.807, 2.05) is 25.1 Å². The van der Waals surface area contributed by atoms with Crippen molar-refractivity contribution < 1.29 is 9.52 Å². The van der Waals surface area contributed by atoms with Gasteiger partial charge in [0.2, 0.25) is 0 Å². The van der Waals surface area contributed by atoms with Crippen LogP contribution in [0.5, 0.6) is 0 Å². The van der Waals surface area contributed by atoms with E-state index in [0.717, 1.165) is 30.6 Å². The van der Waals surface area contributed by atoms with Crippen LogP contribution in [0.25, 0.3) is 11.1 Å². The van der Waals surface area contributed by atoms with Crippen molar-refractivity contribution in [1.29, 1.82) is 0 Å². The monoisotopic (exact) mass is 220 g/mol. The predicted octanol–water partition coefficient (Wildman–Crippen LogP) is 1.61. The van der Waals surface area contributed by atoms with Crippen LogP contribution in [-0.4, -0.2) is 23.2 Å². The standard InChI is InChI=1S/C12H16N2O2/c1-9-14-11-7-10(3-4-12(11)16-9)8-13-5-2-6-15/h3-4,7,13,15H,2,5-6,8H2,1H3. The Balaban J connectivity index is 2.02. The molecule has 0 aliphatic carbocycles. The van der Waals surface area contributed by atoms with Crippen molar-refractivity contribution in [1.82, 2.24) is 10.3 Å². The molecule has 0 amide bonds. The summed E-state index contributed by atoms with van der Waals surface area (Å²) in [6, 6.07) is 6.00. The lowest BCUT2D eigenvalue weighted by atomic mass is 10.2. The summed E-state index contributed by atoms with van der Waals surface area (Å²) >= 11 is 0. The van der Waals surface area contributed by atoms with Crippen molar-refractivity contribution in [2.75, 3.05) is 13.2 Å². The minimum atomic E-state index is 0.231. The maximum atomic E-state index is 8.65. The van der Waals surface area contributed by atoms with Gasteiger partial charge in [-0.1, -0.05) is 6.07 Å². The smallest absolute Gasteiger partial charge is 0.192 e. The molecule has 4 heteroatoms. The van der Waals surface area contributed by atoms with Gasteiger partial charge in [-0.3, -0.25) is 0 Å². The third kappa shape index (κ3) is 2.59. The van der Waals surface area contributed by atoms with Gasteiger partial charge in [0, 0.05) is 20.1 Å². The lowest BCUT2D eigenvalue weighted by molar-refractivity contribution is 0.286. The van der Waals surface area contributed by atoms with E-state index in [0.29, 0.717) is 5.89 Å². The molecule has 4 nitrogen and oxygen atoms in total. The summed E-state index contributed by atoms with van der Waals surface area (Å²) in [5.41, 5.74) is 2.91. The minimum Gasteiger partial charge on any atom is -0.441 e. The topological polar surface area (TPSA) is 58.3 Å². The van der Waals surface area contributed by atoms with E-state index in [4.69, 9.17) is 9.52 Å². The number of nitrogens with zero attached hydrogens (tertiary/aromatic N) is 1. The zero-order chi connectivity index (χ0) is 11.4. The van der Waals surface area contributed by atoms with Crippen LogP contribution in [-0.2, 0) is 6.54 Å². The van der Waals surface area contributed by atoms with Crippen LogP contribution in [0.1, 0.15) is 17.9 Å². The number of fused-ring (bicyclic) bond motifs is 1. The zero-order valence-electron chi connectivity index (χ0n) is 9.36. The van der Waals surface area contributed by atoms with Crippen molar-refractivity contribution in [3.8, 4) is 0 Å². The van der Waals surface area contributed by atoms with Gasteiger partial charge in [0.05, 0.1) is 0 Å². The first-order chi connectivity index (χ1) is 7.79. The molecule has 1 aromatic heterocycles. The first kappa shape index (κ1) is 11.1. The molecule has 2 aromatic rings. The Kier molecular flexibility index (Phi) is 3.54. The summed E-state index contributed by atoms with van der Waals surface area (Å²) in [5.74, 6) is 0.695. The molecule has 0 fully saturated rings. The van der Waals surface area contributed by atoms with E-state index in [9.17, 15) is 0 Å². The molecule has 86 valence electrons. The number of hydrogen-bond donors (Lipinski definition) is 2. The second-order valence-electron chi connectivity index (χ2n) is 3.79. The molecule has 0 saturated heterocycles. The number of aryl methyl sites for hydroxylation is 1. The number of aliphatic hydroxyl groups excluding tert-OH is 1. The van der Waals surface area contributed by atoms with E-state index in [1.54, 1.807) is 0 Å². The number of benzene rings is 1. The minimum absolute atomic E-state index is 0.231. The summed E-state index contributed by atoms with van der Waals surface area (Å²) in [6.07, 6.45) is 0.783. The van der Waals surface area contributed by atoms with Crippen LogP contribution < -0.4 is 5.32 Å². The van der Waals surface area contributed by atoms with Crippen molar-refractivity contribution in [2.45, 2.75) is 19.9 Å². The average molecular weight is 220 g/mol. The highest BCUT2D eigenvalue weighted by molar-refractivity contribution is 5.73. The molecule has 0 saturated carbocycles. The van der Waals surface area contributed by atoms with Crippen LogP contribution in [0.4, 0.5) is 0 Å². The fourth-order valence-corrected chi connectivity index (χ4v) is 1.63. The van der Waals surface area contributed by atoms with Gasteiger partial charge in [-0.05, 0) is 30.7 Å². The van der Waals surface area contributed by atoms with Crippen LogP contribution >= 0.6 is 0 Å². The lowest BCUT2D eigenvalue weighted by Gasteiger charge is -2.03. The van der Waals surface area contributed by atoms with E-state index < -0.39 is 0 Å². The summed E-state index contributed by atoms with van der Waals surface area (Å²) in [6.45, 7) is 3.70. The molecule has 0 unspecified atom stereocenters. The maximum Gasteiger partial charge on any atom is 0.192 e. The number of rotatable bonds is 5. The molecule has 16 heavy (non-hydrogen) atoms. The van der Waals surface area contributed by atoms with Crippen LogP contribution in [0.2, 0.25) is 0 Å². The largest absolute Gasteiger partial charge is 0.441 e. The van der Waals surface area contributed by atoms with E-state index in [2.05, 4.69) is 10.3 Å². The molecular formula is C12H16N2O2. The molecule has 2 N–H and O–H groups in total. The Labute approximate surface area is 94.3 Å². The van der Waals surface area contributed by atoms with Gasteiger partial charge in [0.1, 0.15) is 5.52 Å². The quantitative estimate of drug-likeness (QED) is 0.751. The highest BCUT2D eigenvalue weighted by Crippen LogP contribution is 2.16. The first-order valence-corrected chi connectivity index (χ1v) is 5.47. The third-order valence-electron chi connectivity index (χ3n) is 2.40. The van der Waals surface area contributed by atoms with Gasteiger partial charge in [-0.15, -0.1) is 0 Å². The van der Waals surface area contributed by atoms with Crippen molar-refractivity contribution in [3.63, 3.8) is 0 Å². The van der Waals surface area contributed by atoms with Gasteiger partial charge in [-0.25, -0.2) is 4.98 Å². The molecule has 0 spiro atoms. The molecule has 0 atom stereocenters. The summed E-state index contributed by atoms with van der Waals surface area (Å²) in [7, 11) is 0. The van der Waals surface area contributed by atoms with Gasteiger partial charge < -0.3 is 14.8 Å². The lowest BCUT2D eigenvalue weighted by Crippen LogP contribution is -2.15. The van der Waals surface area contributed by atoms with E-state index in [1.165, 1.54) is 5.56 Å². The van der Waals surface area contributed by atoms with Gasteiger partial charge in [0.25, 0.3) is 0 Å². The second kappa shape index (κ2) is 5.09. The predicted molar refractivity (Wildman–Crippen MR) is 62.2 cm³/mol. The summed E-state index contributed by atoms with van der Waals surface area (Å²) < 4.78 is 5.40. The average Bonchev–Trinajstić information content (AvgIpc) is 2.64. The summed E-state index contributed by atoms with van der Waals surface area (Å²) in [4.78, 5) is 4.28. The summed E-state index contributed by atoms with van der Waals surface area (Å²) in [5, 5.41) is 11.9. The highest BCUT2D eigenvalue weighted by Gasteiger charge is 2.02. The third-order valence-corrected chi connectivity index (χ3v) is 2.40. The molecule has 1 heterocycles. The SMILES string of the molecule is Cc1nc2cc(CNCCCO)ccc2o1. The zero-order valence-corrected chi connectivity index (χ0v) is 9.36. The highest BCUT2D eigenvalue weighted by atomic mass is 16.3. The fraction of sp³-hybridized carbons (Fsp3) is 0.417. The van der Waals surface area contributed by atoms with Gasteiger partial charge >= 0.3 is 0 Å². The van der Waals surface area contributed by atoms with Gasteiger partial charge in [-0.2, -0.15) is 0 Å². The number of nitrogens with one attached hydrogen (secondary N) is 1. The molecular weight excluding hydrogens is 204 g/mol. The van der Waals surface area contributed by atoms with Crippen molar-refractivity contribution in [3.05, 3.63) is 29.7 Å². The Morgan fingerprint density at radius 2 is 2.31 bits per heavy atom. The van der Waals surface area contributed by atoms with Crippen LogP contribution in [0, 0.1) is 6.92 Å². The second-order valence-corrected chi connectivity index (χ2v) is 3.79. The number of oxazole rings is 1. The number of hydrogen-bond acceptors (Lipinski definition) is 4. The Morgan fingerprint density at radius 3 is 3.12 bits per heavy atom. The molecule has 2 rings (SSSR count). The molecule has 1 aromatic carbocycles. The Morgan fingerprint density at radius 1 is 1.44 bits per heavy atom. The molecule has 0 aliphatic rings. The molecule has 0 radical (unpaired) electrons. The van der Waals surface area contributed by atoms with Crippen molar-refractivity contribution in [2.24, 2.45) is 0 Å². The maximum absolute atomic E-state index is 8.65. The normalized spacial score (nSPS) is 11.1. The Bertz CT molecular complexity index is 465. The van der Waals surface area contributed by atoms with Crippen LogP contribution in [0.15, 0.2) is 22.6 Å².